The lowest BCUT2D eigenvalue weighted by molar-refractivity contribution is 0.483. The van der Waals surface area contributed by atoms with Crippen LogP contribution in [0, 0.1) is 0 Å². The number of ether oxygens (including phenoxy) is 1. The fraction of sp³-hybridized carbons (Fsp3) is 0.185. The summed E-state index contributed by atoms with van der Waals surface area (Å²) in [5, 5.41) is 2.34. The summed E-state index contributed by atoms with van der Waals surface area (Å²) in [6.45, 7) is 17.5. The lowest BCUT2D eigenvalue weighted by atomic mass is 9.85. The molecule has 8 aromatic carbocycles. The van der Waals surface area contributed by atoms with Gasteiger partial charge in [0.15, 0.2) is 0 Å². The van der Waals surface area contributed by atoms with E-state index >= 15 is 0 Å². The minimum atomic E-state index is -0.0258. The summed E-state index contributed by atoms with van der Waals surface area (Å²) >= 11 is 0. The highest BCUT2D eigenvalue weighted by Gasteiger charge is 2.30. The van der Waals surface area contributed by atoms with Crippen molar-refractivity contribution in [3.8, 4) is 50.7 Å². The van der Waals surface area contributed by atoms with Crippen LogP contribution in [0.15, 0.2) is 200 Å². The lowest BCUT2D eigenvalue weighted by Crippen LogP contribution is -2.36. The molecule has 0 unspecified atom stereocenters. The lowest BCUT2D eigenvalue weighted by Gasteiger charge is -2.40. The zero-order valence-corrected chi connectivity index (χ0v) is 41.3. The molecule has 0 amide bonds. The Bertz CT molecular complexity index is 3440. The molecular weight excluding hydrogens is 853 g/mol. The summed E-state index contributed by atoms with van der Waals surface area (Å²) in [7, 11) is 0. The Morgan fingerprint density at radius 3 is 1.73 bits per heavy atom. The van der Waals surface area contributed by atoms with Crippen LogP contribution in [0.4, 0.5) is 22.7 Å². The van der Waals surface area contributed by atoms with E-state index in [1.54, 1.807) is 0 Å². The Kier molecular flexibility index (Phi) is 11.6. The molecule has 0 N–H and O–H groups in total. The molecule has 0 bridgehead atoms. The molecule has 0 atom stereocenters. The molecule has 11 rings (SSSR count). The first-order valence-electron chi connectivity index (χ1n) is 24.9. The van der Waals surface area contributed by atoms with Gasteiger partial charge in [-0.3, -0.25) is 4.57 Å². The first-order chi connectivity index (χ1) is 34.0. The number of fused-ring (bicyclic) bond motifs is 4. The summed E-state index contributed by atoms with van der Waals surface area (Å²) in [6, 6.07) is 70.5. The molecule has 0 saturated carbocycles. The van der Waals surface area contributed by atoms with Crippen LogP contribution in [-0.2, 0) is 5.41 Å². The van der Waals surface area contributed by atoms with Crippen molar-refractivity contribution in [2.45, 2.75) is 65.7 Å². The number of hydrogen-bond donors (Lipinski definition) is 0. The van der Waals surface area contributed by atoms with Gasteiger partial charge in [0.2, 0.25) is 0 Å². The van der Waals surface area contributed by atoms with Crippen molar-refractivity contribution in [3.05, 3.63) is 217 Å². The zero-order chi connectivity index (χ0) is 48.1. The predicted molar refractivity (Wildman–Crippen MR) is 295 cm³/mol. The molecule has 0 spiro atoms. The molecular formula is C65H60N4O. The number of rotatable bonds is 10. The second kappa shape index (κ2) is 18.2. The van der Waals surface area contributed by atoms with Crippen molar-refractivity contribution < 1.29 is 4.74 Å². The third-order valence-corrected chi connectivity index (χ3v) is 14.1. The van der Waals surface area contributed by atoms with Gasteiger partial charge in [-0.05, 0) is 111 Å². The van der Waals surface area contributed by atoms with Crippen LogP contribution in [0.5, 0.6) is 11.5 Å². The fourth-order valence-electron chi connectivity index (χ4n) is 10.6. The minimum absolute atomic E-state index is 0.0258. The van der Waals surface area contributed by atoms with Gasteiger partial charge in [0, 0.05) is 59.0 Å². The highest BCUT2D eigenvalue weighted by atomic mass is 16.5. The summed E-state index contributed by atoms with van der Waals surface area (Å²) in [4.78, 5) is 10.0. The minimum Gasteiger partial charge on any atom is -0.457 e. The second-order valence-electron chi connectivity index (χ2n) is 20.3. The number of aromatic nitrogens is 2. The van der Waals surface area contributed by atoms with Crippen LogP contribution in [0.2, 0.25) is 0 Å². The van der Waals surface area contributed by atoms with E-state index in [1.807, 2.05) is 6.20 Å². The van der Waals surface area contributed by atoms with Crippen molar-refractivity contribution in [3.63, 3.8) is 0 Å². The van der Waals surface area contributed by atoms with Crippen LogP contribution in [0.3, 0.4) is 0 Å². The van der Waals surface area contributed by atoms with Crippen molar-refractivity contribution in [2.24, 2.45) is 0 Å². The Morgan fingerprint density at radius 2 is 1.07 bits per heavy atom. The van der Waals surface area contributed by atoms with Gasteiger partial charge in [0.1, 0.15) is 17.3 Å². The average molecular weight is 913 g/mol. The third-order valence-electron chi connectivity index (χ3n) is 14.1. The monoisotopic (exact) mass is 912 g/mol. The fourth-order valence-corrected chi connectivity index (χ4v) is 10.6. The standard InChI is InChI=1S/C65H60N4O/c1-43(2)52-25-18-26-53(44(3)4)63(52)47-38-49(41-51(39-47)70-50-32-33-57-56-24-14-15-29-58(56)69(61(57)42-50)62-40-48(34-35-66-62)65(5,6)7)67-36-37-68(60-31-17-16-30-59(60)67)64-54(45-20-10-8-11-21-45)27-19-28-55(64)46-22-12-9-13-23-46/h8-35,38-44H,36-37H2,1-7H3. The Morgan fingerprint density at radius 1 is 0.486 bits per heavy atom. The number of hydrogen-bond acceptors (Lipinski definition) is 4. The molecule has 0 radical (unpaired) electrons. The van der Waals surface area contributed by atoms with Crippen LogP contribution in [0.1, 0.15) is 77.0 Å². The van der Waals surface area contributed by atoms with Gasteiger partial charge in [0.05, 0.1) is 28.1 Å². The highest BCUT2D eigenvalue weighted by molar-refractivity contribution is 6.09. The largest absolute Gasteiger partial charge is 0.457 e. The van der Waals surface area contributed by atoms with Crippen LogP contribution < -0.4 is 14.5 Å². The van der Waals surface area contributed by atoms with Gasteiger partial charge in [0.25, 0.3) is 0 Å². The number of benzene rings is 8. The maximum atomic E-state index is 7.18. The molecule has 0 saturated heterocycles. The number of pyridine rings is 1. The van der Waals surface area contributed by atoms with E-state index in [0.717, 1.165) is 69.5 Å². The maximum absolute atomic E-state index is 7.18. The van der Waals surface area contributed by atoms with E-state index < -0.39 is 0 Å². The van der Waals surface area contributed by atoms with Gasteiger partial charge in [-0.1, -0.05) is 176 Å². The maximum Gasteiger partial charge on any atom is 0.137 e. The summed E-state index contributed by atoms with van der Waals surface area (Å²) in [5.41, 5.74) is 17.9. The Hall–Kier alpha value is -7.89. The predicted octanol–water partition coefficient (Wildman–Crippen LogP) is 17.8. The van der Waals surface area contributed by atoms with E-state index in [1.165, 1.54) is 55.6 Å². The van der Waals surface area contributed by atoms with Crippen molar-refractivity contribution >= 4 is 44.6 Å². The molecule has 5 heteroatoms. The number of para-hydroxylation sites is 4. The molecule has 1 aliphatic rings. The molecule has 3 heterocycles. The summed E-state index contributed by atoms with van der Waals surface area (Å²) in [6.07, 6.45) is 1.94. The molecule has 346 valence electrons. The van der Waals surface area contributed by atoms with Gasteiger partial charge < -0.3 is 14.5 Å². The summed E-state index contributed by atoms with van der Waals surface area (Å²) in [5.74, 6) is 3.10. The van der Waals surface area contributed by atoms with Crippen molar-refractivity contribution in [1.29, 1.82) is 0 Å². The van der Waals surface area contributed by atoms with Gasteiger partial charge >= 0.3 is 0 Å². The van der Waals surface area contributed by atoms with E-state index in [9.17, 15) is 0 Å². The topological polar surface area (TPSA) is 33.5 Å². The number of nitrogens with zero attached hydrogens (tertiary/aromatic N) is 4. The average Bonchev–Trinajstić information content (AvgIpc) is 3.71. The molecule has 5 nitrogen and oxygen atoms in total. The first-order valence-corrected chi connectivity index (χ1v) is 24.9. The van der Waals surface area contributed by atoms with Gasteiger partial charge in [-0.15, -0.1) is 0 Å². The molecule has 10 aromatic rings. The van der Waals surface area contributed by atoms with Crippen LogP contribution >= 0.6 is 0 Å². The van der Waals surface area contributed by atoms with Gasteiger partial charge in [-0.2, -0.15) is 0 Å². The SMILES string of the molecule is CC(C)c1cccc(C(C)C)c1-c1cc(Oc2ccc3c4ccccc4n(-c4cc(C(C)(C)C)ccn4)c3c2)cc(N2CCN(c3c(-c4ccccc4)cccc3-c3ccccc3)c3ccccc32)c1. The molecule has 0 aliphatic carbocycles. The van der Waals surface area contributed by atoms with E-state index in [0.29, 0.717) is 11.8 Å². The van der Waals surface area contributed by atoms with E-state index in [2.05, 4.69) is 257 Å². The second-order valence-corrected chi connectivity index (χ2v) is 20.3. The van der Waals surface area contributed by atoms with E-state index in [-0.39, 0.29) is 5.41 Å². The Labute approximate surface area is 413 Å². The number of anilines is 4. The molecule has 2 aromatic heterocycles. The molecule has 70 heavy (non-hydrogen) atoms. The third kappa shape index (κ3) is 8.19. The van der Waals surface area contributed by atoms with Crippen molar-refractivity contribution in [1.82, 2.24) is 9.55 Å². The van der Waals surface area contributed by atoms with Crippen LogP contribution in [-0.4, -0.2) is 22.6 Å². The molecule has 0 fully saturated rings. The first kappa shape index (κ1) is 44.6. The smallest absolute Gasteiger partial charge is 0.137 e. The van der Waals surface area contributed by atoms with Gasteiger partial charge in [-0.25, -0.2) is 4.98 Å². The zero-order valence-electron chi connectivity index (χ0n) is 41.3. The highest BCUT2D eigenvalue weighted by Crippen LogP contribution is 2.50. The Balaban J connectivity index is 1.07. The normalized spacial score (nSPS) is 12.9. The summed E-state index contributed by atoms with van der Waals surface area (Å²) < 4.78 is 9.47. The van der Waals surface area contributed by atoms with E-state index in [4.69, 9.17) is 9.72 Å². The van der Waals surface area contributed by atoms with Crippen molar-refractivity contribution in [2.75, 3.05) is 22.9 Å². The van der Waals surface area contributed by atoms with Crippen LogP contribution in [0.25, 0.3) is 61.0 Å². The quantitative estimate of drug-likeness (QED) is 0.137. The molecule has 1 aliphatic heterocycles.